The van der Waals surface area contributed by atoms with Gasteiger partial charge in [-0.3, -0.25) is 10.1 Å². The summed E-state index contributed by atoms with van der Waals surface area (Å²) in [5.74, 6) is -1.52. The third-order valence-electron chi connectivity index (χ3n) is 2.86. The highest BCUT2D eigenvalue weighted by Gasteiger charge is 2.17. The molecule has 0 heterocycles. The van der Waals surface area contributed by atoms with Crippen molar-refractivity contribution in [1.82, 2.24) is 5.32 Å². The predicted octanol–water partition coefficient (Wildman–Crippen LogP) is 4.80. The van der Waals surface area contributed by atoms with Gasteiger partial charge in [-0.2, -0.15) is 0 Å². The van der Waals surface area contributed by atoms with Gasteiger partial charge in [0.05, 0.1) is 11.3 Å². The molecule has 3 N–H and O–H groups in total. The maximum absolute atomic E-state index is 12.1. The zero-order chi connectivity index (χ0) is 17.9. The van der Waals surface area contributed by atoms with Crippen molar-refractivity contribution < 1.29 is 14.7 Å². The monoisotopic (exact) mass is 534 g/mol. The second kappa shape index (κ2) is 8.19. The fraction of sp³-hybridized carbons (Fsp3) is 0. The number of rotatable bonds is 3. The number of carbonyl (C=O) groups is 2. The average Bonchev–Trinajstić information content (AvgIpc) is 2.50. The third kappa shape index (κ3) is 4.85. The molecule has 9 heteroatoms. The molecule has 0 unspecified atom stereocenters. The van der Waals surface area contributed by atoms with Crippen LogP contribution in [0.15, 0.2) is 49.8 Å². The Balaban J connectivity index is 2.17. The molecule has 0 aliphatic rings. The molecule has 2 rings (SSSR count). The minimum atomic E-state index is -1.12. The molecule has 0 atom stereocenters. The number of anilines is 1. The van der Waals surface area contributed by atoms with Crippen LogP contribution in [-0.2, 0) is 0 Å². The zero-order valence-electron chi connectivity index (χ0n) is 11.8. The molecular weight excluding hydrogens is 528 g/mol. The van der Waals surface area contributed by atoms with Crippen molar-refractivity contribution in [2.75, 3.05) is 5.32 Å². The zero-order valence-corrected chi connectivity index (χ0v) is 17.3. The van der Waals surface area contributed by atoms with E-state index in [0.717, 1.165) is 4.47 Å². The van der Waals surface area contributed by atoms with E-state index in [2.05, 4.69) is 58.4 Å². The molecule has 0 saturated carbocycles. The van der Waals surface area contributed by atoms with Crippen LogP contribution in [0.2, 0.25) is 0 Å². The molecule has 5 nitrogen and oxygen atoms in total. The Labute approximate surface area is 168 Å². The van der Waals surface area contributed by atoms with Crippen molar-refractivity contribution in [3.05, 3.63) is 60.9 Å². The second-order valence-electron chi connectivity index (χ2n) is 4.53. The number of nitrogens with one attached hydrogen (secondary N) is 2. The van der Waals surface area contributed by atoms with Gasteiger partial charge in [-0.15, -0.1) is 0 Å². The first kappa shape index (κ1) is 19.0. The van der Waals surface area contributed by atoms with Gasteiger partial charge in [0.25, 0.3) is 5.91 Å². The van der Waals surface area contributed by atoms with Crippen molar-refractivity contribution in [3.63, 3.8) is 0 Å². The van der Waals surface area contributed by atoms with Gasteiger partial charge in [-0.05, 0) is 64.5 Å². The Hall–Kier alpha value is -1.29. The summed E-state index contributed by atoms with van der Waals surface area (Å²) in [6.07, 6.45) is 0. The molecule has 2 aromatic carbocycles. The minimum absolute atomic E-state index is 0.00607. The maximum Gasteiger partial charge on any atom is 0.337 e. The summed E-state index contributed by atoms with van der Waals surface area (Å²) in [6, 6.07) is 9.86. The standard InChI is InChI=1S/C15H9Br3N2O3S/c16-8-3-1-7(2-4-8)13(21)20-15(24)19-12-10(14(22)23)5-9(17)6-11(12)18/h1-6H,(H,22,23)(H2,19,20,21,24). The number of hydrogen-bond donors (Lipinski definition) is 3. The summed E-state index contributed by atoms with van der Waals surface area (Å²) in [6.45, 7) is 0. The Morgan fingerprint density at radius 3 is 2.21 bits per heavy atom. The molecule has 124 valence electrons. The molecule has 0 fully saturated rings. The number of benzene rings is 2. The number of hydrogen-bond acceptors (Lipinski definition) is 3. The predicted molar refractivity (Wildman–Crippen MR) is 107 cm³/mol. The van der Waals surface area contributed by atoms with Gasteiger partial charge in [-0.25, -0.2) is 4.79 Å². The number of thiocarbonyl (C=S) groups is 1. The highest BCUT2D eigenvalue weighted by atomic mass is 79.9. The van der Waals surface area contributed by atoms with E-state index in [-0.39, 0.29) is 16.4 Å². The van der Waals surface area contributed by atoms with E-state index in [9.17, 15) is 14.7 Å². The van der Waals surface area contributed by atoms with E-state index in [1.165, 1.54) is 6.07 Å². The smallest absolute Gasteiger partial charge is 0.337 e. The fourth-order valence-electron chi connectivity index (χ4n) is 1.79. The van der Waals surface area contributed by atoms with E-state index in [4.69, 9.17) is 12.2 Å². The first-order valence-corrected chi connectivity index (χ1v) is 9.17. The van der Waals surface area contributed by atoms with Crippen LogP contribution >= 0.6 is 60.0 Å². The third-order valence-corrected chi connectivity index (χ3v) is 4.67. The number of carboxylic acids is 1. The van der Waals surface area contributed by atoms with Crippen LogP contribution in [0.25, 0.3) is 0 Å². The normalized spacial score (nSPS) is 10.1. The van der Waals surface area contributed by atoms with Crippen LogP contribution in [0.1, 0.15) is 20.7 Å². The average molecular weight is 537 g/mol. The van der Waals surface area contributed by atoms with Gasteiger partial charge < -0.3 is 10.4 Å². The first-order valence-electron chi connectivity index (χ1n) is 6.38. The van der Waals surface area contributed by atoms with Crippen LogP contribution in [0.5, 0.6) is 0 Å². The number of carbonyl (C=O) groups excluding carboxylic acids is 1. The lowest BCUT2D eigenvalue weighted by atomic mass is 10.2. The molecule has 2 aromatic rings. The van der Waals surface area contributed by atoms with E-state index in [1.54, 1.807) is 30.3 Å². The highest BCUT2D eigenvalue weighted by molar-refractivity contribution is 9.11. The van der Waals surface area contributed by atoms with E-state index in [1.807, 2.05) is 0 Å². The molecule has 0 saturated heterocycles. The van der Waals surface area contributed by atoms with Crippen molar-refractivity contribution in [2.45, 2.75) is 0 Å². The van der Waals surface area contributed by atoms with Crippen LogP contribution in [-0.4, -0.2) is 22.1 Å². The van der Waals surface area contributed by atoms with Gasteiger partial charge in [0.1, 0.15) is 0 Å². The van der Waals surface area contributed by atoms with Crippen molar-refractivity contribution in [2.24, 2.45) is 0 Å². The van der Waals surface area contributed by atoms with Gasteiger partial charge >= 0.3 is 5.97 Å². The largest absolute Gasteiger partial charge is 0.478 e. The highest BCUT2D eigenvalue weighted by Crippen LogP contribution is 2.30. The van der Waals surface area contributed by atoms with Gasteiger partial charge in [0.2, 0.25) is 0 Å². The first-order chi connectivity index (χ1) is 11.3. The van der Waals surface area contributed by atoms with E-state index >= 15 is 0 Å². The molecule has 0 bridgehead atoms. The van der Waals surface area contributed by atoms with Crippen LogP contribution in [0.3, 0.4) is 0 Å². The van der Waals surface area contributed by atoms with Crippen LogP contribution < -0.4 is 10.6 Å². The lowest BCUT2D eigenvalue weighted by Crippen LogP contribution is -2.34. The topological polar surface area (TPSA) is 78.4 Å². The summed E-state index contributed by atoms with van der Waals surface area (Å²) in [7, 11) is 0. The molecule has 0 aliphatic heterocycles. The molecule has 0 aromatic heterocycles. The van der Waals surface area contributed by atoms with Crippen molar-refractivity contribution in [1.29, 1.82) is 0 Å². The van der Waals surface area contributed by atoms with Gasteiger partial charge in [0.15, 0.2) is 5.11 Å². The van der Waals surface area contributed by atoms with Gasteiger partial charge in [-0.1, -0.05) is 31.9 Å². The Morgan fingerprint density at radius 2 is 1.62 bits per heavy atom. The number of halogens is 3. The van der Waals surface area contributed by atoms with Crippen molar-refractivity contribution >= 4 is 82.7 Å². The summed E-state index contributed by atoms with van der Waals surface area (Å²) in [4.78, 5) is 23.5. The Bertz CT molecular complexity index is 825. The Morgan fingerprint density at radius 1 is 1.00 bits per heavy atom. The number of aromatic carboxylic acids is 1. The molecule has 24 heavy (non-hydrogen) atoms. The lowest BCUT2D eigenvalue weighted by molar-refractivity contribution is 0.0697. The molecule has 0 spiro atoms. The quantitative estimate of drug-likeness (QED) is 0.491. The molecular formula is C15H9Br3N2O3S. The number of amides is 1. The maximum atomic E-state index is 12.1. The van der Waals surface area contributed by atoms with Crippen molar-refractivity contribution in [3.8, 4) is 0 Å². The van der Waals surface area contributed by atoms with E-state index in [0.29, 0.717) is 14.5 Å². The van der Waals surface area contributed by atoms with Crippen LogP contribution in [0.4, 0.5) is 5.69 Å². The molecule has 0 radical (unpaired) electrons. The summed E-state index contributed by atoms with van der Waals surface area (Å²) in [5, 5.41) is 14.5. The molecule has 0 aliphatic carbocycles. The SMILES string of the molecule is O=C(NC(=S)Nc1c(Br)cc(Br)cc1C(=O)O)c1ccc(Br)cc1. The summed E-state index contributed by atoms with van der Waals surface area (Å²) >= 11 is 14.9. The summed E-state index contributed by atoms with van der Waals surface area (Å²) in [5.41, 5.74) is 0.693. The summed E-state index contributed by atoms with van der Waals surface area (Å²) < 4.78 is 1.95. The van der Waals surface area contributed by atoms with E-state index < -0.39 is 11.9 Å². The lowest BCUT2D eigenvalue weighted by Gasteiger charge is -2.14. The van der Waals surface area contributed by atoms with Gasteiger partial charge in [0, 0.05) is 19.0 Å². The Kier molecular flexibility index (Phi) is 6.50. The minimum Gasteiger partial charge on any atom is -0.478 e. The number of carboxylic acid groups (broad SMARTS) is 1. The molecule has 1 amide bonds. The fourth-order valence-corrected chi connectivity index (χ4v) is 3.57. The van der Waals surface area contributed by atoms with Crippen LogP contribution in [0, 0.1) is 0 Å². The second-order valence-corrected chi connectivity index (χ2v) is 7.62.